The molecule has 13 rings (SSSR count). The fourth-order valence-corrected chi connectivity index (χ4v) is 9.70. The largest absolute Gasteiger partial charge is 0.309 e. The van der Waals surface area contributed by atoms with E-state index in [2.05, 4.69) is 239 Å². The van der Waals surface area contributed by atoms with E-state index in [-0.39, 0.29) is 20.1 Å². The minimum absolute atomic E-state index is 0. The molecule has 3 nitrogen and oxygen atoms in total. The summed E-state index contributed by atoms with van der Waals surface area (Å²) in [7, 11) is 0. The Balaban J connectivity index is 0.000000230. The number of nitrogens with zero attached hydrogens (tertiary/aromatic N) is 3. The summed E-state index contributed by atoms with van der Waals surface area (Å²) in [6.07, 6.45) is 1.80. The van der Waals surface area contributed by atoms with E-state index in [1.807, 2.05) is 42.5 Å². The Hall–Kier alpha value is -8.40. The standard InChI is InChI=1S/C48H32N2.C17H12N.Ir/c1-3-12-33(13-4-1)35-22-26-39(27-23-35)49-45-20-9-7-18-41(45)43-31-37(24-28-47(43)49)38-25-29-48-44(32-38)42-19-8-10-21-46(42)50(48)40-17-11-16-36(30-40)34-14-5-2-6-15-34;1-2-7-14(8-3-1)15-9-6-10-16(13-15)17-11-4-5-12-18-17;/h1-32H;1-9,11-13H;/q;-1;. The Bertz CT molecular complexity index is 3820. The molecule has 3 aromatic heterocycles. The van der Waals surface area contributed by atoms with Gasteiger partial charge in [0, 0.05) is 59.2 Å². The van der Waals surface area contributed by atoms with Crippen molar-refractivity contribution in [2.75, 3.05) is 0 Å². The quantitative estimate of drug-likeness (QED) is 0.146. The van der Waals surface area contributed by atoms with Gasteiger partial charge in [-0.05, 0) is 111 Å². The molecule has 0 aliphatic carbocycles. The minimum atomic E-state index is 0. The average molecular weight is 1060 g/mol. The second-order valence-electron chi connectivity index (χ2n) is 17.1. The van der Waals surface area contributed by atoms with Gasteiger partial charge in [-0.15, -0.1) is 35.4 Å². The smallest absolute Gasteiger partial charge is 0.0541 e. The molecule has 0 atom stereocenters. The first kappa shape index (κ1) is 43.2. The van der Waals surface area contributed by atoms with Gasteiger partial charge in [0.05, 0.1) is 22.1 Å². The molecule has 10 aromatic carbocycles. The summed E-state index contributed by atoms with van der Waals surface area (Å²) in [5.74, 6) is 0. The molecule has 329 valence electrons. The van der Waals surface area contributed by atoms with Gasteiger partial charge in [0.25, 0.3) is 0 Å². The number of aromatic nitrogens is 3. The third kappa shape index (κ3) is 8.38. The van der Waals surface area contributed by atoms with E-state index in [1.165, 1.54) is 88.1 Å². The number of benzene rings is 10. The number of fused-ring (bicyclic) bond motifs is 6. The molecule has 0 aliphatic heterocycles. The third-order valence-electron chi connectivity index (χ3n) is 13.0. The summed E-state index contributed by atoms with van der Waals surface area (Å²) in [6.45, 7) is 0. The van der Waals surface area contributed by atoms with Gasteiger partial charge in [0.1, 0.15) is 0 Å². The number of para-hydroxylation sites is 2. The van der Waals surface area contributed by atoms with Crippen LogP contribution in [0, 0.1) is 6.07 Å². The molecule has 0 fully saturated rings. The first-order valence-corrected chi connectivity index (χ1v) is 23.1. The Labute approximate surface area is 415 Å². The van der Waals surface area contributed by atoms with E-state index in [4.69, 9.17) is 0 Å². The topological polar surface area (TPSA) is 22.8 Å². The molecule has 0 saturated carbocycles. The van der Waals surface area contributed by atoms with E-state index < -0.39 is 0 Å². The minimum Gasteiger partial charge on any atom is -0.309 e. The van der Waals surface area contributed by atoms with Gasteiger partial charge in [0.15, 0.2) is 0 Å². The van der Waals surface area contributed by atoms with Gasteiger partial charge >= 0.3 is 0 Å². The summed E-state index contributed by atoms with van der Waals surface area (Å²) >= 11 is 0. The third-order valence-corrected chi connectivity index (χ3v) is 13.0. The van der Waals surface area contributed by atoms with Crippen LogP contribution in [0.1, 0.15) is 0 Å². The van der Waals surface area contributed by atoms with Gasteiger partial charge in [-0.25, -0.2) is 0 Å². The maximum atomic E-state index is 4.35. The van der Waals surface area contributed by atoms with Crippen LogP contribution in [-0.2, 0) is 20.1 Å². The van der Waals surface area contributed by atoms with Crippen LogP contribution in [0.2, 0.25) is 0 Å². The number of rotatable bonds is 7. The van der Waals surface area contributed by atoms with Crippen molar-refractivity contribution in [1.29, 1.82) is 0 Å². The number of hydrogen-bond donors (Lipinski definition) is 0. The SMILES string of the molecule is [Ir].[c-]1ccc(-c2ccccc2)cc1-c1ccccn1.c1ccc(-c2ccc(-n3c4ccccc4c4cc(-c5ccc6c(c5)c5ccccc5n6-c5cccc(-c6ccccc6)c5)ccc43)cc2)cc1. The summed E-state index contributed by atoms with van der Waals surface area (Å²) in [5.41, 5.74) is 18.8. The van der Waals surface area contributed by atoms with Crippen molar-refractivity contribution < 1.29 is 20.1 Å². The maximum absolute atomic E-state index is 4.35. The second-order valence-corrected chi connectivity index (χ2v) is 17.1. The fourth-order valence-electron chi connectivity index (χ4n) is 9.70. The van der Waals surface area contributed by atoms with Crippen molar-refractivity contribution in [1.82, 2.24) is 14.1 Å². The molecule has 0 spiro atoms. The fraction of sp³-hybridized carbons (Fsp3) is 0. The molecule has 4 heteroatoms. The van der Waals surface area contributed by atoms with Crippen LogP contribution in [0.15, 0.2) is 267 Å². The van der Waals surface area contributed by atoms with Gasteiger partial charge in [0.2, 0.25) is 0 Å². The molecule has 1 radical (unpaired) electrons. The molecule has 3 heterocycles. The number of hydrogen-bond acceptors (Lipinski definition) is 1. The zero-order valence-corrected chi connectivity index (χ0v) is 40.0. The Kier molecular flexibility index (Phi) is 11.9. The van der Waals surface area contributed by atoms with Crippen LogP contribution >= 0.6 is 0 Å². The number of pyridine rings is 1. The Morgan fingerprint density at radius 3 is 1.29 bits per heavy atom. The molecule has 69 heavy (non-hydrogen) atoms. The van der Waals surface area contributed by atoms with Gasteiger partial charge in [-0.1, -0.05) is 176 Å². The van der Waals surface area contributed by atoms with Gasteiger partial charge < -0.3 is 14.1 Å². The van der Waals surface area contributed by atoms with Crippen LogP contribution in [0.3, 0.4) is 0 Å². The van der Waals surface area contributed by atoms with Crippen molar-refractivity contribution >= 4 is 43.6 Å². The zero-order chi connectivity index (χ0) is 45.2. The average Bonchev–Trinajstić information content (AvgIpc) is 3.94. The second kappa shape index (κ2) is 19.1. The zero-order valence-electron chi connectivity index (χ0n) is 37.6. The van der Waals surface area contributed by atoms with Gasteiger partial charge in [-0.2, -0.15) is 0 Å². The first-order chi connectivity index (χ1) is 33.7. The summed E-state index contributed by atoms with van der Waals surface area (Å²) in [4.78, 5) is 4.35. The van der Waals surface area contributed by atoms with Crippen molar-refractivity contribution in [2.45, 2.75) is 0 Å². The predicted molar refractivity (Wildman–Crippen MR) is 285 cm³/mol. The Morgan fingerprint density at radius 2 is 0.725 bits per heavy atom. The summed E-state index contributed by atoms with van der Waals surface area (Å²) < 4.78 is 4.80. The molecule has 0 aliphatic rings. The van der Waals surface area contributed by atoms with E-state index >= 15 is 0 Å². The van der Waals surface area contributed by atoms with Crippen LogP contribution in [0.25, 0.3) is 111 Å². The molecule has 0 bridgehead atoms. The van der Waals surface area contributed by atoms with E-state index in [1.54, 1.807) is 6.20 Å². The normalized spacial score (nSPS) is 11.1. The first-order valence-electron chi connectivity index (χ1n) is 23.1. The molecule has 13 aromatic rings. The monoisotopic (exact) mass is 1060 g/mol. The predicted octanol–water partition coefficient (Wildman–Crippen LogP) is 17.1. The van der Waals surface area contributed by atoms with E-state index in [9.17, 15) is 0 Å². The Morgan fingerprint density at radius 1 is 0.290 bits per heavy atom. The van der Waals surface area contributed by atoms with Crippen molar-refractivity contribution in [3.05, 3.63) is 273 Å². The van der Waals surface area contributed by atoms with Crippen molar-refractivity contribution in [2.24, 2.45) is 0 Å². The van der Waals surface area contributed by atoms with E-state index in [0.29, 0.717) is 0 Å². The molecular formula is C65H44IrN3-. The molecular weight excluding hydrogens is 1010 g/mol. The summed E-state index contributed by atoms with van der Waals surface area (Å²) in [5, 5.41) is 5.02. The molecule has 0 amide bonds. The van der Waals surface area contributed by atoms with Crippen molar-refractivity contribution in [3.63, 3.8) is 0 Å². The van der Waals surface area contributed by atoms with Crippen LogP contribution < -0.4 is 0 Å². The molecule has 0 N–H and O–H groups in total. The molecule has 0 unspecified atom stereocenters. The van der Waals surface area contributed by atoms with Gasteiger partial charge in [-0.3, -0.25) is 0 Å². The summed E-state index contributed by atoms with van der Waals surface area (Å²) in [6, 6.07) is 96.0. The van der Waals surface area contributed by atoms with E-state index in [0.717, 1.165) is 22.6 Å². The van der Waals surface area contributed by atoms with Crippen LogP contribution in [-0.4, -0.2) is 14.1 Å². The van der Waals surface area contributed by atoms with Crippen molar-refractivity contribution in [3.8, 4) is 67.1 Å². The molecule has 0 saturated heterocycles. The van der Waals surface area contributed by atoms with Crippen LogP contribution in [0.4, 0.5) is 0 Å². The maximum Gasteiger partial charge on any atom is 0.0541 e. The van der Waals surface area contributed by atoms with Crippen LogP contribution in [0.5, 0.6) is 0 Å².